The highest BCUT2D eigenvalue weighted by molar-refractivity contribution is 6.06. The van der Waals surface area contributed by atoms with E-state index in [9.17, 15) is 32.3 Å². The zero-order chi connectivity index (χ0) is 20.4. The Labute approximate surface area is 151 Å². The number of nitrogens with zero attached hydrogens (tertiary/aromatic N) is 1. The van der Waals surface area contributed by atoms with E-state index in [4.69, 9.17) is 0 Å². The van der Waals surface area contributed by atoms with Crippen LogP contribution in [-0.4, -0.2) is 47.4 Å². The molecule has 0 saturated carbocycles. The van der Waals surface area contributed by atoms with E-state index in [-0.39, 0.29) is 13.0 Å². The number of urea groups is 1. The van der Waals surface area contributed by atoms with Gasteiger partial charge in [-0.3, -0.25) is 19.3 Å². The highest BCUT2D eigenvalue weighted by Crippen LogP contribution is 2.19. The lowest BCUT2D eigenvalue weighted by molar-refractivity contribution is -0.147. The van der Waals surface area contributed by atoms with Gasteiger partial charge in [-0.25, -0.2) is 18.0 Å². The van der Waals surface area contributed by atoms with Crippen molar-refractivity contribution < 1.29 is 37.1 Å². The number of hydrogen-bond donors (Lipinski definition) is 2. The Kier molecular flexibility index (Phi) is 5.72. The van der Waals surface area contributed by atoms with Crippen molar-refractivity contribution in [1.29, 1.82) is 0 Å². The van der Waals surface area contributed by atoms with Crippen molar-refractivity contribution in [2.75, 3.05) is 18.5 Å². The van der Waals surface area contributed by atoms with Crippen LogP contribution in [0.5, 0.6) is 0 Å². The maximum atomic E-state index is 13.4. The minimum absolute atomic E-state index is 0.244. The van der Waals surface area contributed by atoms with Crippen LogP contribution in [0.4, 0.5) is 23.7 Å². The van der Waals surface area contributed by atoms with Gasteiger partial charge in [0.05, 0.1) is 12.1 Å². The van der Waals surface area contributed by atoms with Crippen LogP contribution in [0.3, 0.4) is 0 Å². The molecule has 1 aliphatic rings. The van der Waals surface area contributed by atoms with Crippen LogP contribution in [0, 0.1) is 17.5 Å². The molecule has 8 nitrogen and oxygen atoms in total. The van der Waals surface area contributed by atoms with Crippen molar-refractivity contribution in [3.05, 3.63) is 29.6 Å². The molecule has 0 radical (unpaired) electrons. The summed E-state index contributed by atoms with van der Waals surface area (Å²) in [6.07, 6.45) is -0.359. The molecule has 1 fully saturated rings. The van der Waals surface area contributed by atoms with E-state index in [1.165, 1.54) is 13.8 Å². The fraction of sp³-hybridized carbons (Fsp3) is 0.375. The summed E-state index contributed by atoms with van der Waals surface area (Å²) in [5.41, 5.74) is -1.69. The van der Waals surface area contributed by atoms with Crippen LogP contribution >= 0.6 is 0 Å². The Balaban J connectivity index is 1.81. The highest BCUT2D eigenvalue weighted by Gasteiger charge is 2.44. The molecule has 2 N–H and O–H groups in total. The van der Waals surface area contributed by atoms with Crippen molar-refractivity contribution in [3.63, 3.8) is 0 Å². The summed E-state index contributed by atoms with van der Waals surface area (Å²) in [5.74, 6) is -7.13. The summed E-state index contributed by atoms with van der Waals surface area (Å²) in [5, 5.41) is 4.37. The molecule has 146 valence electrons. The first-order valence-electron chi connectivity index (χ1n) is 7.76. The molecule has 2 rings (SSSR count). The van der Waals surface area contributed by atoms with Gasteiger partial charge in [0, 0.05) is 6.54 Å². The number of ether oxygens (including phenoxy) is 1. The number of imide groups is 1. The molecular formula is C16H16F3N3O5. The van der Waals surface area contributed by atoms with Crippen molar-refractivity contribution in [1.82, 2.24) is 10.2 Å². The first-order chi connectivity index (χ1) is 12.5. The third kappa shape index (κ3) is 4.54. The number of carbonyl (C=O) groups is 4. The average molecular weight is 387 g/mol. The first kappa shape index (κ1) is 20.2. The SMILES string of the molecule is CC1(C)NC(=O)N(CCC(=O)OCC(=O)Nc2ccc(F)c(F)c2F)C1=O. The van der Waals surface area contributed by atoms with E-state index >= 15 is 0 Å². The van der Waals surface area contributed by atoms with Crippen LogP contribution in [0.25, 0.3) is 0 Å². The molecule has 1 aromatic rings. The normalized spacial score (nSPS) is 15.5. The summed E-state index contributed by atoms with van der Waals surface area (Å²) in [4.78, 5) is 47.7. The molecule has 0 aliphatic carbocycles. The van der Waals surface area contributed by atoms with Crippen LogP contribution in [-0.2, 0) is 19.1 Å². The standard InChI is InChI=1S/C16H16F3N3O5/c1-16(2)14(25)22(15(26)21-16)6-5-11(24)27-7-10(23)20-9-4-3-8(17)12(18)13(9)19/h3-4H,5-7H2,1-2H3,(H,20,23)(H,21,26). The second kappa shape index (κ2) is 7.64. The van der Waals surface area contributed by atoms with Crippen molar-refractivity contribution in [2.24, 2.45) is 0 Å². The van der Waals surface area contributed by atoms with Crippen molar-refractivity contribution >= 4 is 29.5 Å². The maximum Gasteiger partial charge on any atom is 0.325 e. The zero-order valence-electron chi connectivity index (χ0n) is 14.4. The van der Waals surface area contributed by atoms with Gasteiger partial charge in [0.15, 0.2) is 24.1 Å². The predicted molar refractivity (Wildman–Crippen MR) is 84.8 cm³/mol. The van der Waals surface area contributed by atoms with Crippen LogP contribution in [0.15, 0.2) is 12.1 Å². The second-order valence-corrected chi connectivity index (χ2v) is 6.19. The highest BCUT2D eigenvalue weighted by atomic mass is 19.2. The molecule has 0 unspecified atom stereocenters. The van der Waals surface area contributed by atoms with Gasteiger partial charge in [0.25, 0.3) is 11.8 Å². The Morgan fingerprint density at radius 3 is 2.44 bits per heavy atom. The van der Waals surface area contributed by atoms with Gasteiger partial charge < -0.3 is 15.4 Å². The van der Waals surface area contributed by atoms with Gasteiger partial charge in [-0.2, -0.15) is 0 Å². The number of rotatable bonds is 6. The monoisotopic (exact) mass is 387 g/mol. The molecule has 1 aromatic carbocycles. The molecule has 27 heavy (non-hydrogen) atoms. The number of nitrogens with one attached hydrogen (secondary N) is 2. The van der Waals surface area contributed by atoms with E-state index in [1.807, 2.05) is 5.32 Å². The third-order valence-electron chi connectivity index (χ3n) is 3.66. The molecule has 0 atom stereocenters. The van der Waals surface area contributed by atoms with E-state index in [0.29, 0.717) is 6.07 Å². The summed E-state index contributed by atoms with van der Waals surface area (Å²) < 4.78 is 44.0. The zero-order valence-corrected chi connectivity index (χ0v) is 14.4. The lowest BCUT2D eigenvalue weighted by Gasteiger charge is -2.15. The van der Waals surface area contributed by atoms with Crippen LogP contribution in [0.1, 0.15) is 20.3 Å². The van der Waals surface area contributed by atoms with Gasteiger partial charge in [-0.15, -0.1) is 0 Å². The fourth-order valence-electron chi connectivity index (χ4n) is 2.25. The van der Waals surface area contributed by atoms with E-state index in [2.05, 4.69) is 10.1 Å². The van der Waals surface area contributed by atoms with E-state index in [0.717, 1.165) is 11.0 Å². The maximum absolute atomic E-state index is 13.4. The Morgan fingerprint density at radius 2 is 1.85 bits per heavy atom. The second-order valence-electron chi connectivity index (χ2n) is 6.19. The number of benzene rings is 1. The quantitative estimate of drug-likeness (QED) is 0.435. The van der Waals surface area contributed by atoms with E-state index in [1.54, 1.807) is 0 Å². The summed E-state index contributed by atoms with van der Waals surface area (Å²) in [6.45, 7) is 1.95. The number of hydrogen-bond acceptors (Lipinski definition) is 5. The molecule has 11 heteroatoms. The molecule has 1 aliphatic heterocycles. The summed E-state index contributed by atoms with van der Waals surface area (Å²) in [7, 11) is 0. The van der Waals surface area contributed by atoms with Gasteiger partial charge in [-0.1, -0.05) is 0 Å². The summed E-state index contributed by atoms with van der Waals surface area (Å²) in [6, 6.07) is 0.788. The van der Waals surface area contributed by atoms with Crippen LogP contribution < -0.4 is 10.6 Å². The molecule has 4 amide bonds. The minimum Gasteiger partial charge on any atom is -0.456 e. The number of carbonyl (C=O) groups excluding carboxylic acids is 4. The van der Waals surface area contributed by atoms with Crippen LogP contribution in [0.2, 0.25) is 0 Å². The molecule has 0 bridgehead atoms. The molecule has 1 saturated heterocycles. The van der Waals surface area contributed by atoms with Crippen molar-refractivity contribution in [3.8, 4) is 0 Å². The predicted octanol–water partition coefficient (Wildman–Crippen LogP) is 1.31. The topological polar surface area (TPSA) is 105 Å². The Hall–Kier alpha value is -3.11. The molecule has 0 spiro atoms. The average Bonchev–Trinajstić information content (AvgIpc) is 2.79. The minimum atomic E-state index is -1.75. The van der Waals surface area contributed by atoms with Gasteiger partial charge in [0.1, 0.15) is 5.54 Å². The summed E-state index contributed by atoms with van der Waals surface area (Å²) >= 11 is 0. The van der Waals surface area contributed by atoms with E-state index < -0.39 is 59.1 Å². The lowest BCUT2D eigenvalue weighted by Crippen LogP contribution is -2.40. The fourth-order valence-corrected chi connectivity index (χ4v) is 2.25. The number of amides is 4. The lowest BCUT2D eigenvalue weighted by atomic mass is 10.1. The number of anilines is 1. The Morgan fingerprint density at radius 1 is 1.19 bits per heavy atom. The molecule has 0 aromatic heterocycles. The largest absolute Gasteiger partial charge is 0.456 e. The molecular weight excluding hydrogens is 371 g/mol. The third-order valence-corrected chi connectivity index (χ3v) is 3.66. The van der Waals surface area contributed by atoms with Gasteiger partial charge in [-0.05, 0) is 26.0 Å². The van der Waals surface area contributed by atoms with Gasteiger partial charge in [0.2, 0.25) is 0 Å². The van der Waals surface area contributed by atoms with Crippen molar-refractivity contribution in [2.45, 2.75) is 25.8 Å². The van der Waals surface area contributed by atoms with Gasteiger partial charge >= 0.3 is 12.0 Å². The smallest absolute Gasteiger partial charge is 0.325 e. The Bertz CT molecular complexity index is 813. The number of esters is 1. The first-order valence-corrected chi connectivity index (χ1v) is 7.76. The molecule has 1 heterocycles. The number of halogens is 3.